The van der Waals surface area contributed by atoms with E-state index in [0.717, 1.165) is 19.5 Å². The summed E-state index contributed by atoms with van der Waals surface area (Å²) in [6, 6.07) is 10.2. The molecule has 18 heavy (non-hydrogen) atoms. The van der Waals surface area contributed by atoms with Crippen molar-refractivity contribution in [2.24, 2.45) is 5.92 Å². The fraction of sp³-hybridized carbons (Fsp3) is 0.533. The van der Waals surface area contributed by atoms with Crippen LogP contribution in [0.25, 0.3) is 0 Å². The predicted octanol–water partition coefficient (Wildman–Crippen LogP) is 3.43. The van der Waals surface area contributed by atoms with Gasteiger partial charge in [0.2, 0.25) is 5.91 Å². The third kappa shape index (κ3) is 3.52. The second-order valence-corrected chi connectivity index (χ2v) is 6.52. The Morgan fingerprint density at radius 3 is 2.78 bits per heavy atom. The number of benzene rings is 1. The molecule has 1 fully saturated rings. The molecule has 2 rings (SSSR count). The van der Waals surface area contributed by atoms with Crippen molar-refractivity contribution in [2.75, 3.05) is 13.1 Å². The van der Waals surface area contributed by atoms with Crippen LogP contribution in [-0.2, 0) is 4.79 Å². The Kier molecular flexibility index (Phi) is 4.70. The van der Waals surface area contributed by atoms with E-state index in [-0.39, 0.29) is 11.2 Å². The van der Waals surface area contributed by atoms with Gasteiger partial charge in [-0.05, 0) is 37.8 Å². The average molecular weight is 263 g/mol. The van der Waals surface area contributed by atoms with E-state index in [1.165, 1.54) is 11.3 Å². The molecular weight excluding hydrogens is 242 g/mol. The topological polar surface area (TPSA) is 20.3 Å². The van der Waals surface area contributed by atoms with Gasteiger partial charge >= 0.3 is 0 Å². The highest BCUT2D eigenvalue weighted by molar-refractivity contribution is 8.00. The van der Waals surface area contributed by atoms with Gasteiger partial charge in [0.1, 0.15) is 0 Å². The third-order valence-electron chi connectivity index (χ3n) is 3.37. The maximum atomic E-state index is 12.4. The van der Waals surface area contributed by atoms with Crippen molar-refractivity contribution in [3.8, 4) is 0 Å². The number of nitrogens with zero attached hydrogens (tertiary/aromatic N) is 1. The lowest BCUT2D eigenvalue weighted by molar-refractivity contribution is -0.131. The van der Waals surface area contributed by atoms with E-state index in [9.17, 15) is 4.79 Å². The molecule has 1 saturated heterocycles. The number of hydrogen-bond acceptors (Lipinski definition) is 2. The lowest BCUT2D eigenvalue weighted by Gasteiger charge is -2.32. The molecule has 3 heteroatoms. The molecule has 1 heterocycles. The number of piperidine rings is 1. The summed E-state index contributed by atoms with van der Waals surface area (Å²) >= 11 is 1.66. The molecule has 0 aromatic heterocycles. The monoisotopic (exact) mass is 263 g/mol. The quantitative estimate of drug-likeness (QED) is 0.779. The summed E-state index contributed by atoms with van der Waals surface area (Å²) in [7, 11) is 0. The minimum absolute atomic E-state index is 0.0118. The van der Waals surface area contributed by atoms with E-state index in [0.29, 0.717) is 5.92 Å². The molecule has 1 aliphatic heterocycles. The first-order valence-electron chi connectivity index (χ1n) is 6.67. The number of hydrogen-bond donors (Lipinski definition) is 0. The second kappa shape index (κ2) is 6.28. The maximum Gasteiger partial charge on any atom is 0.235 e. The largest absolute Gasteiger partial charge is 0.341 e. The first-order valence-corrected chi connectivity index (χ1v) is 7.55. The summed E-state index contributed by atoms with van der Waals surface area (Å²) in [5, 5.41) is 0.0118. The van der Waals surface area contributed by atoms with E-state index < -0.39 is 0 Å². The van der Waals surface area contributed by atoms with Crippen molar-refractivity contribution < 1.29 is 4.79 Å². The first-order chi connectivity index (χ1) is 8.66. The summed E-state index contributed by atoms with van der Waals surface area (Å²) in [4.78, 5) is 15.6. The number of thioether (sulfide) groups is 1. The molecule has 0 unspecified atom stereocenters. The van der Waals surface area contributed by atoms with Crippen molar-refractivity contribution in [1.29, 1.82) is 0 Å². The number of amides is 1. The van der Waals surface area contributed by atoms with Crippen LogP contribution in [0.1, 0.15) is 26.7 Å². The minimum Gasteiger partial charge on any atom is -0.341 e. The Balaban J connectivity index is 1.92. The highest BCUT2D eigenvalue weighted by Gasteiger charge is 2.25. The molecule has 1 aliphatic rings. The highest BCUT2D eigenvalue weighted by Crippen LogP contribution is 2.25. The summed E-state index contributed by atoms with van der Waals surface area (Å²) in [6.07, 6.45) is 2.40. The van der Waals surface area contributed by atoms with Gasteiger partial charge in [-0.25, -0.2) is 0 Å². The van der Waals surface area contributed by atoms with Gasteiger partial charge in [-0.1, -0.05) is 25.1 Å². The number of rotatable bonds is 3. The molecule has 0 aliphatic carbocycles. The molecule has 0 radical (unpaired) electrons. The zero-order valence-corrected chi connectivity index (χ0v) is 12.0. The van der Waals surface area contributed by atoms with Gasteiger partial charge in [0.05, 0.1) is 5.25 Å². The van der Waals surface area contributed by atoms with Gasteiger partial charge in [0, 0.05) is 18.0 Å². The zero-order valence-electron chi connectivity index (χ0n) is 11.1. The molecule has 2 nitrogen and oxygen atoms in total. The Labute approximate surface area is 114 Å². The minimum atomic E-state index is 0.0118. The van der Waals surface area contributed by atoms with E-state index in [2.05, 4.69) is 19.1 Å². The van der Waals surface area contributed by atoms with Crippen molar-refractivity contribution in [2.45, 2.75) is 36.8 Å². The van der Waals surface area contributed by atoms with Crippen LogP contribution in [0.5, 0.6) is 0 Å². The van der Waals surface area contributed by atoms with Gasteiger partial charge in [0.15, 0.2) is 0 Å². The zero-order chi connectivity index (χ0) is 13.0. The Bertz CT molecular complexity index is 393. The van der Waals surface area contributed by atoms with Crippen LogP contribution in [0, 0.1) is 5.92 Å². The smallest absolute Gasteiger partial charge is 0.235 e. The molecular formula is C15H21NOS. The maximum absolute atomic E-state index is 12.4. The lowest BCUT2D eigenvalue weighted by Crippen LogP contribution is -2.42. The molecule has 1 amide bonds. The van der Waals surface area contributed by atoms with E-state index in [1.54, 1.807) is 11.8 Å². The SMILES string of the molecule is C[C@H]1CCCN(C(=O)[C@H](C)Sc2ccccc2)C1. The molecule has 98 valence electrons. The van der Waals surface area contributed by atoms with Crippen molar-refractivity contribution in [3.63, 3.8) is 0 Å². The lowest BCUT2D eigenvalue weighted by atomic mass is 10.0. The van der Waals surface area contributed by atoms with Gasteiger partial charge in [-0.2, -0.15) is 0 Å². The van der Waals surface area contributed by atoms with Gasteiger partial charge in [-0.3, -0.25) is 4.79 Å². The van der Waals surface area contributed by atoms with Crippen molar-refractivity contribution in [1.82, 2.24) is 4.90 Å². The number of likely N-dealkylation sites (tertiary alicyclic amines) is 1. The second-order valence-electron chi connectivity index (χ2n) is 5.10. The van der Waals surface area contributed by atoms with Crippen LogP contribution in [0.2, 0.25) is 0 Å². The molecule has 0 saturated carbocycles. The van der Waals surface area contributed by atoms with Crippen LogP contribution in [0.4, 0.5) is 0 Å². The van der Waals surface area contributed by atoms with Crippen LogP contribution in [-0.4, -0.2) is 29.1 Å². The Morgan fingerprint density at radius 2 is 2.11 bits per heavy atom. The third-order valence-corrected chi connectivity index (χ3v) is 4.47. The summed E-state index contributed by atoms with van der Waals surface area (Å²) < 4.78 is 0. The van der Waals surface area contributed by atoms with E-state index in [4.69, 9.17) is 0 Å². The number of carbonyl (C=O) groups is 1. The average Bonchev–Trinajstić information content (AvgIpc) is 2.39. The van der Waals surface area contributed by atoms with Crippen LogP contribution < -0.4 is 0 Å². The number of carbonyl (C=O) groups excluding carboxylic acids is 1. The fourth-order valence-electron chi connectivity index (χ4n) is 2.40. The van der Waals surface area contributed by atoms with E-state index in [1.807, 2.05) is 30.0 Å². The molecule has 0 N–H and O–H groups in total. The van der Waals surface area contributed by atoms with Crippen molar-refractivity contribution >= 4 is 17.7 Å². The van der Waals surface area contributed by atoms with Crippen LogP contribution in [0.15, 0.2) is 35.2 Å². The van der Waals surface area contributed by atoms with E-state index >= 15 is 0 Å². The van der Waals surface area contributed by atoms with Gasteiger partial charge < -0.3 is 4.90 Å². The molecule has 1 aromatic carbocycles. The van der Waals surface area contributed by atoms with Crippen LogP contribution >= 0.6 is 11.8 Å². The highest BCUT2D eigenvalue weighted by atomic mass is 32.2. The Morgan fingerprint density at radius 1 is 1.39 bits per heavy atom. The summed E-state index contributed by atoms with van der Waals surface area (Å²) in [6.45, 7) is 6.11. The predicted molar refractivity (Wildman–Crippen MR) is 76.7 cm³/mol. The Hall–Kier alpha value is -0.960. The van der Waals surface area contributed by atoms with Gasteiger partial charge in [-0.15, -0.1) is 11.8 Å². The molecule has 0 bridgehead atoms. The normalized spacial score (nSPS) is 21.7. The summed E-state index contributed by atoms with van der Waals surface area (Å²) in [5.41, 5.74) is 0. The van der Waals surface area contributed by atoms with Gasteiger partial charge in [0.25, 0.3) is 0 Å². The van der Waals surface area contributed by atoms with Crippen molar-refractivity contribution in [3.05, 3.63) is 30.3 Å². The van der Waals surface area contributed by atoms with Crippen LogP contribution in [0.3, 0.4) is 0 Å². The molecule has 2 atom stereocenters. The molecule has 0 spiro atoms. The first kappa shape index (κ1) is 13.5. The fourth-order valence-corrected chi connectivity index (χ4v) is 3.37. The standard InChI is InChI=1S/C15H21NOS/c1-12-7-6-10-16(11-12)15(17)13(2)18-14-8-4-3-5-9-14/h3-5,8-9,12-13H,6-7,10-11H2,1-2H3/t12-,13-/m0/s1. The molecule has 1 aromatic rings. The summed E-state index contributed by atoms with van der Waals surface area (Å²) in [5.74, 6) is 0.937.